The summed E-state index contributed by atoms with van der Waals surface area (Å²) in [7, 11) is 2.14. The van der Waals surface area contributed by atoms with Gasteiger partial charge in [0.05, 0.1) is 11.0 Å². The number of aromatic nitrogens is 2. The molecule has 17 heavy (non-hydrogen) atoms. The maximum atomic E-state index is 4.83. The summed E-state index contributed by atoms with van der Waals surface area (Å²) in [5, 5.41) is 3.45. The van der Waals surface area contributed by atoms with Gasteiger partial charge in [0.15, 0.2) is 0 Å². The maximum absolute atomic E-state index is 4.83. The maximum Gasteiger partial charge on any atom is 0.114 e. The summed E-state index contributed by atoms with van der Waals surface area (Å²) >= 11 is 0. The fourth-order valence-electron chi connectivity index (χ4n) is 2.97. The predicted octanol–water partition coefficient (Wildman–Crippen LogP) is 2.20. The van der Waals surface area contributed by atoms with Crippen molar-refractivity contribution >= 4 is 11.0 Å². The molecule has 1 N–H and O–H groups in total. The summed E-state index contributed by atoms with van der Waals surface area (Å²) in [6, 6.07) is 6.35. The lowest BCUT2D eigenvalue weighted by Crippen LogP contribution is -2.13. The number of rotatable bonds is 1. The Morgan fingerprint density at radius 1 is 1.35 bits per heavy atom. The van der Waals surface area contributed by atoms with E-state index < -0.39 is 0 Å². The molecule has 1 aromatic carbocycles. The minimum atomic E-state index is 0.548. The highest BCUT2D eigenvalue weighted by Gasteiger charge is 2.28. The van der Waals surface area contributed by atoms with Crippen molar-refractivity contribution in [2.24, 2.45) is 13.0 Å². The molecule has 2 unspecified atom stereocenters. The van der Waals surface area contributed by atoms with Crippen molar-refractivity contribution < 1.29 is 0 Å². The molecule has 0 bridgehead atoms. The summed E-state index contributed by atoms with van der Waals surface area (Å²) in [6.07, 6.45) is 0. The molecule has 0 amide bonds. The molecule has 3 nitrogen and oxygen atoms in total. The number of imidazole rings is 1. The Kier molecular flexibility index (Phi) is 2.44. The molecule has 3 rings (SSSR count). The molecule has 1 aliphatic heterocycles. The zero-order chi connectivity index (χ0) is 12.0. The van der Waals surface area contributed by atoms with Gasteiger partial charge in [-0.15, -0.1) is 0 Å². The van der Waals surface area contributed by atoms with E-state index in [0.29, 0.717) is 11.8 Å². The number of benzene rings is 1. The van der Waals surface area contributed by atoms with Gasteiger partial charge < -0.3 is 9.88 Å². The average Bonchev–Trinajstić information content (AvgIpc) is 2.84. The largest absolute Gasteiger partial charge is 0.331 e. The van der Waals surface area contributed by atoms with E-state index in [1.807, 2.05) is 0 Å². The smallest absolute Gasteiger partial charge is 0.114 e. The Labute approximate surface area is 102 Å². The third kappa shape index (κ3) is 1.57. The fourth-order valence-corrected chi connectivity index (χ4v) is 2.97. The topological polar surface area (TPSA) is 29.9 Å². The number of aryl methyl sites for hydroxylation is 2. The van der Waals surface area contributed by atoms with Gasteiger partial charge in [-0.1, -0.05) is 19.1 Å². The first-order chi connectivity index (χ1) is 8.18. The summed E-state index contributed by atoms with van der Waals surface area (Å²) < 4.78 is 2.28. The number of fused-ring (bicyclic) bond motifs is 1. The van der Waals surface area contributed by atoms with E-state index in [1.54, 1.807) is 0 Å². The molecule has 0 saturated carbocycles. The van der Waals surface area contributed by atoms with Crippen LogP contribution in [0.15, 0.2) is 18.2 Å². The minimum absolute atomic E-state index is 0.548. The lowest BCUT2D eigenvalue weighted by molar-refractivity contribution is 0.533. The summed E-state index contributed by atoms with van der Waals surface area (Å²) in [5.41, 5.74) is 3.71. The molecule has 1 fully saturated rings. The fraction of sp³-hybridized carbons (Fsp3) is 0.500. The third-order valence-electron chi connectivity index (χ3n) is 3.98. The van der Waals surface area contributed by atoms with E-state index in [0.717, 1.165) is 18.6 Å². The highest BCUT2D eigenvalue weighted by Crippen LogP contribution is 2.30. The lowest BCUT2D eigenvalue weighted by atomic mass is 9.97. The molecule has 0 aliphatic carbocycles. The highest BCUT2D eigenvalue weighted by atomic mass is 15.1. The molecule has 1 aliphatic rings. The molecular weight excluding hydrogens is 210 g/mol. The molecule has 0 spiro atoms. The minimum Gasteiger partial charge on any atom is -0.331 e. The van der Waals surface area contributed by atoms with E-state index >= 15 is 0 Å². The zero-order valence-electron chi connectivity index (χ0n) is 10.7. The number of hydrogen-bond acceptors (Lipinski definition) is 2. The van der Waals surface area contributed by atoms with Gasteiger partial charge in [0.2, 0.25) is 0 Å². The van der Waals surface area contributed by atoms with Gasteiger partial charge in [0, 0.05) is 19.5 Å². The Morgan fingerprint density at radius 2 is 2.18 bits per heavy atom. The number of para-hydroxylation sites is 1. The highest BCUT2D eigenvalue weighted by molar-refractivity contribution is 5.79. The van der Waals surface area contributed by atoms with Crippen LogP contribution in [0.1, 0.15) is 24.2 Å². The molecule has 1 saturated heterocycles. The second kappa shape index (κ2) is 3.84. The second-order valence-electron chi connectivity index (χ2n) is 5.21. The SMILES string of the molecule is Cc1cccc2nc(C3CNCC3C)n(C)c12. The van der Waals surface area contributed by atoms with Gasteiger partial charge in [-0.3, -0.25) is 0 Å². The predicted molar refractivity (Wildman–Crippen MR) is 70.2 cm³/mol. The van der Waals surface area contributed by atoms with Crippen LogP contribution in [0.2, 0.25) is 0 Å². The first-order valence-electron chi connectivity index (χ1n) is 6.31. The zero-order valence-corrected chi connectivity index (χ0v) is 10.7. The van der Waals surface area contributed by atoms with Crippen molar-refractivity contribution in [3.8, 4) is 0 Å². The first kappa shape index (κ1) is 10.8. The molecule has 1 aromatic heterocycles. The Bertz CT molecular complexity index is 556. The Morgan fingerprint density at radius 3 is 2.82 bits per heavy atom. The monoisotopic (exact) mass is 229 g/mol. The van der Waals surface area contributed by atoms with Crippen LogP contribution in [-0.2, 0) is 7.05 Å². The second-order valence-corrected chi connectivity index (χ2v) is 5.21. The van der Waals surface area contributed by atoms with Crippen LogP contribution >= 0.6 is 0 Å². The van der Waals surface area contributed by atoms with Crippen LogP contribution in [0.4, 0.5) is 0 Å². The standard InChI is InChI=1S/C14H19N3/c1-9-5-4-6-12-13(9)17(3)14(16-12)11-8-15-7-10(11)2/h4-6,10-11,15H,7-8H2,1-3H3. The Balaban J connectivity index is 2.18. The third-order valence-corrected chi connectivity index (χ3v) is 3.98. The van der Waals surface area contributed by atoms with Crippen molar-refractivity contribution in [3.63, 3.8) is 0 Å². The van der Waals surface area contributed by atoms with Crippen molar-refractivity contribution in [2.75, 3.05) is 13.1 Å². The van der Waals surface area contributed by atoms with Crippen LogP contribution in [0.25, 0.3) is 11.0 Å². The van der Waals surface area contributed by atoms with Gasteiger partial charge >= 0.3 is 0 Å². The van der Waals surface area contributed by atoms with Crippen molar-refractivity contribution in [1.29, 1.82) is 0 Å². The van der Waals surface area contributed by atoms with E-state index in [9.17, 15) is 0 Å². The first-order valence-corrected chi connectivity index (χ1v) is 6.31. The molecule has 2 atom stereocenters. The number of hydrogen-bond donors (Lipinski definition) is 1. The molecule has 2 heterocycles. The molecular formula is C14H19N3. The molecule has 90 valence electrons. The molecule has 2 aromatic rings. The van der Waals surface area contributed by atoms with Gasteiger partial charge in [-0.25, -0.2) is 4.98 Å². The lowest BCUT2D eigenvalue weighted by Gasteiger charge is -2.14. The van der Waals surface area contributed by atoms with Gasteiger partial charge in [-0.05, 0) is 31.0 Å². The van der Waals surface area contributed by atoms with Crippen LogP contribution < -0.4 is 5.32 Å². The van der Waals surface area contributed by atoms with Gasteiger partial charge in [-0.2, -0.15) is 0 Å². The van der Waals surface area contributed by atoms with E-state index in [2.05, 4.69) is 49.0 Å². The van der Waals surface area contributed by atoms with Crippen LogP contribution in [0.3, 0.4) is 0 Å². The summed E-state index contributed by atoms with van der Waals surface area (Å²) in [4.78, 5) is 4.83. The molecule has 3 heteroatoms. The van der Waals surface area contributed by atoms with Crippen molar-refractivity contribution in [3.05, 3.63) is 29.6 Å². The van der Waals surface area contributed by atoms with Crippen molar-refractivity contribution in [1.82, 2.24) is 14.9 Å². The summed E-state index contributed by atoms with van der Waals surface area (Å²) in [5.74, 6) is 2.45. The summed E-state index contributed by atoms with van der Waals surface area (Å²) in [6.45, 7) is 6.62. The van der Waals surface area contributed by atoms with E-state index in [4.69, 9.17) is 4.98 Å². The van der Waals surface area contributed by atoms with Crippen LogP contribution in [0.5, 0.6) is 0 Å². The number of nitrogens with zero attached hydrogens (tertiary/aromatic N) is 2. The van der Waals surface area contributed by atoms with E-state index in [-0.39, 0.29) is 0 Å². The molecule has 0 radical (unpaired) electrons. The average molecular weight is 229 g/mol. The quantitative estimate of drug-likeness (QED) is 0.812. The van der Waals surface area contributed by atoms with Crippen molar-refractivity contribution in [2.45, 2.75) is 19.8 Å². The van der Waals surface area contributed by atoms with Crippen LogP contribution in [-0.4, -0.2) is 22.6 Å². The van der Waals surface area contributed by atoms with Gasteiger partial charge in [0.25, 0.3) is 0 Å². The normalized spacial score (nSPS) is 24.6. The number of nitrogens with one attached hydrogen (secondary N) is 1. The van der Waals surface area contributed by atoms with E-state index in [1.165, 1.54) is 16.9 Å². The van der Waals surface area contributed by atoms with Crippen LogP contribution in [0, 0.1) is 12.8 Å². The Hall–Kier alpha value is -1.35. The van der Waals surface area contributed by atoms with Gasteiger partial charge in [0.1, 0.15) is 5.82 Å².